The lowest BCUT2D eigenvalue weighted by Crippen LogP contribution is -2.07. The number of aryl methyl sites for hydroxylation is 1. The first-order chi connectivity index (χ1) is 15.3. The number of carboxylic acid groups (broad SMARTS) is 1. The number of carbonyl (C=O) groups is 1. The lowest BCUT2D eigenvalue weighted by atomic mass is 10.0. The van der Waals surface area contributed by atoms with Crippen molar-refractivity contribution < 1.29 is 32.2 Å². The average molecular weight is 445 g/mol. The Balaban J connectivity index is 1.38. The highest BCUT2D eigenvalue weighted by Gasteiger charge is 2.34. The summed E-state index contributed by atoms with van der Waals surface area (Å²) < 4.78 is 51.0. The number of aromatic nitrogens is 1. The first-order valence-corrected chi connectivity index (χ1v) is 10.4. The molecular formula is C24H22F3NO4. The van der Waals surface area contributed by atoms with Gasteiger partial charge in [-0.05, 0) is 48.4 Å². The Morgan fingerprint density at radius 2 is 1.97 bits per heavy atom. The van der Waals surface area contributed by atoms with Gasteiger partial charge in [-0.1, -0.05) is 30.3 Å². The molecule has 1 aliphatic carbocycles. The molecule has 168 valence electrons. The van der Waals surface area contributed by atoms with Crippen LogP contribution in [0.15, 0.2) is 53.1 Å². The molecule has 8 heteroatoms. The first-order valence-electron chi connectivity index (χ1n) is 10.4. The Hall–Kier alpha value is -3.29. The van der Waals surface area contributed by atoms with Crippen LogP contribution in [0.3, 0.4) is 0 Å². The highest BCUT2D eigenvalue weighted by Crippen LogP contribution is 2.44. The predicted molar refractivity (Wildman–Crippen MR) is 111 cm³/mol. The largest absolute Gasteiger partial charge is 0.493 e. The van der Waals surface area contributed by atoms with Crippen LogP contribution in [0.1, 0.15) is 47.8 Å². The van der Waals surface area contributed by atoms with Crippen LogP contribution in [-0.4, -0.2) is 22.7 Å². The van der Waals surface area contributed by atoms with Crippen LogP contribution in [0.4, 0.5) is 13.2 Å². The molecule has 0 amide bonds. The molecule has 0 aliphatic heterocycles. The van der Waals surface area contributed by atoms with Crippen LogP contribution in [0.25, 0.3) is 11.3 Å². The number of alkyl halides is 3. The summed E-state index contributed by atoms with van der Waals surface area (Å²) in [6.45, 7) is 0.354. The van der Waals surface area contributed by atoms with Crippen LogP contribution in [-0.2, 0) is 23.8 Å². The molecule has 5 nitrogen and oxygen atoms in total. The maximum atomic E-state index is 13.2. The second-order valence-corrected chi connectivity index (χ2v) is 7.84. The molecule has 1 N–H and O–H groups in total. The fraction of sp³-hybridized carbons (Fsp3) is 0.333. The normalized spacial score (nSPS) is 13.8. The summed E-state index contributed by atoms with van der Waals surface area (Å²) in [5.74, 6) is 0.579. The summed E-state index contributed by atoms with van der Waals surface area (Å²) in [5.41, 5.74) is 1.14. The van der Waals surface area contributed by atoms with Crippen molar-refractivity contribution in [2.75, 3.05) is 6.61 Å². The van der Waals surface area contributed by atoms with Crippen molar-refractivity contribution in [1.82, 2.24) is 4.98 Å². The Morgan fingerprint density at radius 3 is 2.69 bits per heavy atom. The molecular weight excluding hydrogens is 423 g/mol. The van der Waals surface area contributed by atoms with Crippen molar-refractivity contribution in [2.45, 2.75) is 44.2 Å². The number of ether oxygens (including phenoxy) is 1. The molecule has 0 saturated heterocycles. The molecule has 0 radical (unpaired) electrons. The van der Waals surface area contributed by atoms with Gasteiger partial charge in [0.1, 0.15) is 17.7 Å². The molecule has 1 fully saturated rings. The minimum atomic E-state index is -4.47. The van der Waals surface area contributed by atoms with Gasteiger partial charge in [0.25, 0.3) is 0 Å². The van der Waals surface area contributed by atoms with Crippen molar-refractivity contribution in [2.24, 2.45) is 0 Å². The van der Waals surface area contributed by atoms with Crippen LogP contribution in [0.2, 0.25) is 0 Å². The van der Waals surface area contributed by atoms with Crippen LogP contribution >= 0.6 is 0 Å². The van der Waals surface area contributed by atoms with Crippen molar-refractivity contribution in [3.05, 3.63) is 71.3 Å². The fourth-order valence-corrected chi connectivity index (χ4v) is 3.63. The molecule has 32 heavy (non-hydrogen) atoms. The van der Waals surface area contributed by atoms with E-state index in [-0.39, 0.29) is 17.7 Å². The zero-order chi connectivity index (χ0) is 22.7. The standard InChI is InChI=1S/C24H22F3NO4/c25-24(26,27)19-5-2-1-4-18(19)20-14-32-22(28-20)6-3-11-31-21-12-15(13-23(29)30)7-10-17(21)16-8-9-16/h1-2,4-5,7,10,12,14,16H,3,6,8-9,11,13H2,(H,29,30). The third-order valence-corrected chi connectivity index (χ3v) is 5.30. The maximum absolute atomic E-state index is 13.2. The Morgan fingerprint density at radius 1 is 1.19 bits per heavy atom. The van der Waals surface area contributed by atoms with Gasteiger partial charge >= 0.3 is 12.1 Å². The molecule has 0 atom stereocenters. The molecule has 0 unspecified atom stereocenters. The number of nitrogens with zero attached hydrogens (tertiary/aromatic N) is 1. The molecule has 1 aromatic heterocycles. The molecule has 1 saturated carbocycles. The summed E-state index contributed by atoms with van der Waals surface area (Å²) in [5, 5.41) is 9.01. The van der Waals surface area contributed by atoms with Gasteiger partial charge in [-0.2, -0.15) is 13.2 Å². The molecule has 3 aromatic rings. The summed E-state index contributed by atoms with van der Waals surface area (Å²) >= 11 is 0. The van der Waals surface area contributed by atoms with Gasteiger partial charge in [0, 0.05) is 12.0 Å². The number of halogens is 3. The van der Waals surface area contributed by atoms with Gasteiger partial charge < -0.3 is 14.3 Å². The van der Waals surface area contributed by atoms with E-state index in [1.807, 2.05) is 12.1 Å². The van der Waals surface area contributed by atoms with E-state index in [0.717, 1.165) is 24.5 Å². The number of benzene rings is 2. The van der Waals surface area contributed by atoms with Crippen LogP contribution in [0.5, 0.6) is 5.75 Å². The van der Waals surface area contributed by atoms with Gasteiger partial charge in [0.15, 0.2) is 5.89 Å². The van der Waals surface area contributed by atoms with E-state index in [0.29, 0.717) is 42.6 Å². The first kappa shape index (κ1) is 21.9. The van der Waals surface area contributed by atoms with E-state index >= 15 is 0 Å². The van der Waals surface area contributed by atoms with E-state index in [1.165, 1.54) is 24.5 Å². The SMILES string of the molecule is O=C(O)Cc1ccc(C2CC2)c(OCCCc2nc(-c3ccccc3C(F)(F)F)co2)c1. The summed E-state index contributed by atoms with van der Waals surface area (Å²) in [4.78, 5) is 15.2. The lowest BCUT2D eigenvalue weighted by molar-refractivity contribution is -0.137. The van der Waals surface area contributed by atoms with Gasteiger partial charge in [-0.3, -0.25) is 4.79 Å². The second-order valence-electron chi connectivity index (χ2n) is 7.84. The molecule has 2 aromatic carbocycles. The smallest absolute Gasteiger partial charge is 0.417 e. The number of carboxylic acids is 1. The Bertz CT molecular complexity index is 1100. The molecule has 1 aliphatic rings. The summed E-state index contributed by atoms with van der Waals surface area (Å²) in [6.07, 6.45) is -0.171. The highest BCUT2D eigenvalue weighted by molar-refractivity contribution is 5.70. The van der Waals surface area contributed by atoms with E-state index in [1.54, 1.807) is 6.07 Å². The lowest BCUT2D eigenvalue weighted by Gasteiger charge is -2.12. The van der Waals surface area contributed by atoms with Crippen LogP contribution < -0.4 is 4.74 Å². The quantitative estimate of drug-likeness (QED) is 0.417. The number of rotatable bonds is 9. The van der Waals surface area contributed by atoms with Gasteiger partial charge in [-0.15, -0.1) is 0 Å². The van der Waals surface area contributed by atoms with Gasteiger partial charge in [0.2, 0.25) is 0 Å². The third kappa shape index (κ3) is 5.30. The Kier molecular flexibility index (Phi) is 6.21. The third-order valence-electron chi connectivity index (χ3n) is 5.30. The van der Waals surface area contributed by atoms with Crippen molar-refractivity contribution in [1.29, 1.82) is 0 Å². The molecule has 0 spiro atoms. The average Bonchev–Trinajstić information content (AvgIpc) is 3.48. The highest BCUT2D eigenvalue weighted by atomic mass is 19.4. The molecule has 0 bridgehead atoms. The van der Waals surface area contributed by atoms with E-state index in [4.69, 9.17) is 14.3 Å². The number of hydrogen-bond donors (Lipinski definition) is 1. The van der Waals surface area contributed by atoms with Gasteiger partial charge in [0.05, 0.1) is 18.6 Å². The second kappa shape index (κ2) is 9.06. The maximum Gasteiger partial charge on any atom is 0.417 e. The summed E-state index contributed by atoms with van der Waals surface area (Å²) in [7, 11) is 0. The van der Waals surface area contributed by atoms with Crippen molar-refractivity contribution in [3.63, 3.8) is 0 Å². The topological polar surface area (TPSA) is 72.6 Å². The zero-order valence-corrected chi connectivity index (χ0v) is 17.2. The van der Waals surface area contributed by atoms with E-state index < -0.39 is 17.7 Å². The summed E-state index contributed by atoms with van der Waals surface area (Å²) in [6, 6.07) is 10.8. The number of oxazole rings is 1. The minimum Gasteiger partial charge on any atom is -0.493 e. The molecule has 1 heterocycles. The minimum absolute atomic E-state index is 0.0180. The zero-order valence-electron chi connectivity index (χ0n) is 17.2. The number of hydrogen-bond acceptors (Lipinski definition) is 4. The van der Waals surface area contributed by atoms with Gasteiger partial charge in [-0.25, -0.2) is 4.98 Å². The van der Waals surface area contributed by atoms with Crippen molar-refractivity contribution >= 4 is 5.97 Å². The predicted octanol–water partition coefficient (Wildman–Crippen LogP) is 5.88. The fourth-order valence-electron chi connectivity index (χ4n) is 3.63. The number of aliphatic carboxylic acids is 1. The van der Waals surface area contributed by atoms with E-state index in [9.17, 15) is 18.0 Å². The monoisotopic (exact) mass is 445 g/mol. The van der Waals surface area contributed by atoms with Crippen LogP contribution in [0, 0.1) is 0 Å². The van der Waals surface area contributed by atoms with E-state index in [2.05, 4.69) is 4.98 Å². The Labute approximate surface area is 182 Å². The molecule has 4 rings (SSSR count). The van der Waals surface area contributed by atoms with Crippen molar-refractivity contribution in [3.8, 4) is 17.0 Å².